The summed E-state index contributed by atoms with van der Waals surface area (Å²) in [4.78, 5) is 17.9. The molecular formula is C22H21FN2O3S. The maximum Gasteiger partial charge on any atom is 0.263 e. The molecule has 1 aliphatic rings. The van der Waals surface area contributed by atoms with Crippen molar-refractivity contribution in [1.29, 1.82) is 0 Å². The van der Waals surface area contributed by atoms with Gasteiger partial charge in [0.15, 0.2) is 11.5 Å². The van der Waals surface area contributed by atoms with Gasteiger partial charge in [0.25, 0.3) is 5.91 Å². The summed E-state index contributed by atoms with van der Waals surface area (Å²) in [5, 5.41) is 3.86. The number of halogens is 1. The molecule has 7 heteroatoms. The van der Waals surface area contributed by atoms with E-state index in [1.54, 1.807) is 12.1 Å². The number of carbonyl (C=O) groups is 1. The van der Waals surface area contributed by atoms with Gasteiger partial charge in [0.2, 0.25) is 0 Å². The number of hydrogen-bond acceptors (Lipinski definition) is 5. The molecule has 1 amide bonds. The number of hydrogen-bond donors (Lipinski definition) is 1. The molecule has 3 aromatic rings. The number of nitrogens with one attached hydrogen (secondary N) is 1. The van der Waals surface area contributed by atoms with E-state index in [2.05, 4.69) is 10.3 Å². The van der Waals surface area contributed by atoms with E-state index in [1.165, 1.54) is 23.5 Å². The van der Waals surface area contributed by atoms with Gasteiger partial charge < -0.3 is 14.8 Å². The highest BCUT2D eigenvalue weighted by Crippen LogP contribution is 2.32. The third kappa shape index (κ3) is 4.40. The predicted molar refractivity (Wildman–Crippen MR) is 109 cm³/mol. The summed E-state index contributed by atoms with van der Waals surface area (Å²) in [5.41, 5.74) is 2.59. The van der Waals surface area contributed by atoms with Gasteiger partial charge in [0, 0.05) is 6.42 Å². The number of benzene rings is 2. The molecule has 150 valence electrons. The van der Waals surface area contributed by atoms with Crippen LogP contribution in [0.3, 0.4) is 0 Å². The fraction of sp³-hybridized carbons (Fsp3) is 0.273. The lowest BCUT2D eigenvalue weighted by Gasteiger charge is -2.21. The average Bonchev–Trinajstić information content (AvgIpc) is 3.09. The molecule has 5 nitrogen and oxygen atoms in total. The van der Waals surface area contributed by atoms with Crippen molar-refractivity contribution >= 4 is 17.2 Å². The van der Waals surface area contributed by atoms with Gasteiger partial charge in [-0.3, -0.25) is 4.79 Å². The van der Waals surface area contributed by atoms with Crippen LogP contribution in [0.2, 0.25) is 0 Å². The van der Waals surface area contributed by atoms with E-state index >= 15 is 0 Å². The molecule has 1 N–H and O–H groups in total. The van der Waals surface area contributed by atoms with Crippen molar-refractivity contribution in [2.24, 2.45) is 0 Å². The van der Waals surface area contributed by atoms with Crippen LogP contribution in [0.1, 0.15) is 44.5 Å². The fourth-order valence-corrected chi connectivity index (χ4v) is 4.19. The monoisotopic (exact) mass is 412 g/mol. The lowest BCUT2D eigenvalue weighted by atomic mass is 10.1. The molecule has 0 bridgehead atoms. The number of fused-ring (bicyclic) bond motifs is 1. The number of amides is 1. The molecule has 0 spiro atoms. The number of rotatable bonds is 5. The van der Waals surface area contributed by atoms with Gasteiger partial charge in [-0.1, -0.05) is 18.2 Å². The smallest absolute Gasteiger partial charge is 0.263 e. The Hall–Kier alpha value is -2.93. The topological polar surface area (TPSA) is 60.5 Å². The van der Waals surface area contributed by atoms with Crippen LogP contribution in [0.4, 0.5) is 4.39 Å². The Morgan fingerprint density at radius 2 is 1.90 bits per heavy atom. The largest absolute Gasteiger partial charge is 0.486 e. The molecule has 0 saturated heterocycles. The number of nitrogens with zero attached hydrogens (tertiary/aromatic N) is 1. The van der Waals surface area contributed by atoms with E-state index < -0.39 is 0 Å². The van der Waals surface area contributed by atoms with Gasteiger partial charge in [-0.15, -0.1) is 11.3 Å². The lowest BCUT2D eigenvalue weighted by Crippen LogP contribution is -2.26. The van der Waals surface area contributed by atoms with E-state index in [1.807, 2.05) is 32.0 Å². The fourth-order valence-electron chi connectivity index (χ4n) is 3.19. The molecule has 1 aliphatic heterocycles. The minimum Gasteiger partial charge on any atom is -0.486 e. The van der Waals surface area contributed by atoms with Crippen LogP contribution < -0.4 is 14.8 Å². The molecule has 0 aliphatic carbocycles. The van der Waals surface area contributed by atoms with Crippen LogP contribution in [-0.4, -0.2) is 24.1 Å². The van der Waals surface area contributed by atoms with Gasteiger partial charge >= 0.3 is 0 Å². The first-order chi connectivity index (χ1) is 14.0. The molecule has 0 fully saturated rings. The SMILES string of the molecule is Cc1nc(Cc2ccc(F)cc2)sc1C(=O)NC(C)c1ccc2c(c1)OCCO2. The highest BCUT2D eigenvalue weighted by Gasteiger charge is 2.20. The second kappa shape index (κ2) is 8.21. The second-order valence-electron chi connectivity index (χ2n) is 6.92. The molecular weight excluding hydrogens is 391 g/mol. The number of aromatic nitrogens is 1. The first-order valence-electron chi connectivity index (χ1n) is 9.41. The predicted octanol–water partition coefficient (Wildman–Crippen LogP) is 4.44. The van der Waals surface area contributed by atoms with Crippen molar-refractivity contribution in [3.05, 3.63) is 75.0 Å². The number of aryl methyl sites for hydroxylation is 1. The Morgan fingerprint density at radius 3 is 2.66 bits per heavy atom. The zero-order chi connectivity index (χ0) is 20.4. The van der Waals surface area contributed by atoms with Crippen molar-refractivity contribution < 1.29 is 18.7 Å². The van der Waals surface area contributed by atoms with E-state index in [-0.39, 0.29) is 17.8 Å². The Balaban J connectivity index is 1.45. The van der Waals surface area contributed by atoms with Crippen LogP contribution in [0.25, 0.3) is 0 Å². The van der Waals surface area contributed by atoms with Gasteiger partial charge in [-0.2, -0.15) is 0 Å². The summed E-state index contributed by atoms with van der Waals surface area (Å²) in [6.45, 7) is 4.82. The maximum atomic E-state index is 13.1. The van der Waals surface area contributed by atoms with Gasteiger partial charge in [-0.25, -0.2) is 9.37 Å². The van der Waals surface area contributed by atoms with Gasteiger partial charge in [0.05, 0.1) is 16.7 Å². The summed E-state index contributed by atoms with van der Waals surface area (Å²) in [6, 6.07) is 11.8. The van der Waals surface area contributed by atoms with Crippen molar-refractivity contribution in [2.75, 3.05) is 13.2 Å². The van der Waals surface area contributed by atoms with Crippen LogP contribution >= 0.6 is 11.3 Å². The third-order valence-electron chi connectivity index (χ3n) is 4.73. The Morgan fingerprint density at radius 1 is 1.17 bits per heavy atom. The van der Waals surface area contributed by atoms with Crippen LogP contribution in [0, 0.1) is 12.7 Å². The zero-order valence-corrected chi connectivity index (χ0v) is 17.0. The van der Waals surface area contributed by atoms with Crippen molar-refractivity contribution in [1.82, 2.24) is 10.3 Å². The Kier molecular flexibility index (Phi) is 5.49. The van der Waals surface area contributed by atoms with Gasteiger partial charge in [-0.05, 0) is 49.2 Å². The summed E-state index contributed by atoms with van der Waals surface area (Å²) in [5.74, 6) is 0.998. The standard InChI is InChI=1S/C22H21FN2O3S/c1-13(16-5-8-18-19(12-16)28-10-9-27-18)25-22(26)21-14(2)24-20(29-21)11-15-3-6-17(23)7-4-15/h3-8,12-13H,9-11H2,1-2H3,(H,25,26). The molecule has 4 rings (SSSR count). The molecule has 2 heterocycles. The van der Waals surface area contributed by atoms with Crippen molar-refractivity contribution in [3.63, 3.8) is 0 Å². The number of thiazole rings is 1. The molecule has 1 atom stereocenters. The molecule has 29 heavy (non-hydrogen) atoms. The lowest BCUT2D eigenvalue weighted by molar-refractivity contribution is 0.0943. The first kappa shape index (κ1) is 19.4. The van der Waals surface area contributed by atoms with E-state index in [0.29, 0.717) is 36.0 Å². The number of carbonyl (C=O) groups excluding carboxylic acids is 1. The van der Waals surface area contributed by atoms with E-state index in [4.69, 9.17) is 9.47 Å². The highest BCUT2D eigenvalue weighted by atomic mass is 32.1. The molecule has 1 unspecified atom stereocenters. The summed E-state index contributed by atoms with van der Waals surface area (Å²) < 4.78 is 24.2. The normalized spacial score (nSPS) is 13.8. The first-order valence-corrected chi connectivity index (χ1v) is 10.2. The van der Waals surface area contributed by atoms with Crippen LogP contribution in [0.15, 0.2) is 42.5 Å². The highest BCUT2D eigenvalue weighted by molar-refractivity contribution is 7.13. The van der Waals surface area contributed by atoms with Crippen LogP contribution in [-0.2, 0) is 6.42 Å². The molecule has 0 radical (unpaired) electrons. The van der Waals surface area contributed by atoms with Gasteiger partial charge in [0.1, 0.15) is 23.9 Å². The molecule has 1 aromatic heterocycles. The third-order valence-corrected chi connectivity index (χ3v) is 5.89. The summed E-state index contributed by atoms with van der Waals surface area (Å²) in [7, 11) is 0. The zero-order valence-electron chi connectivity index (χ0n) is 16.2. The number of ether oxygens (including phenoxy) is 2. The average molecular weight is 412 g/mol. The minimum absolute atomic E-state index is 0.159. The van der Waals surface area contributed by atoms with E-state index in [0.717, 1.165) is 21.9 Å². The minimum atomic E-state index is -0.266. The summed E-state index contributed by atoms with van der Waals surface area (Å²) >= 11 is 1.37. The summed E-state index contributed by atoms with van der Waals surface area (Å²) in [6.07, 6.45) is 0.566. The van der Waals surface area contributed by atoms with E-state index in [9.17, 15) is 9.18 Å². The van der Waals surface area contributed by atoms with Crippen molar-refractivity contribution in [3.8, 4) is 11.5 Å². The maximum absolute atomic E-state index is 13.1. The Labute approximate surface area is 172 Å². The Bertz CT molecular complexity index is 1030. The van der Waals surface area contributed by atoms with Crippen LogP contribution in [0.5, 0.6) is 11.5 Å². The molecule has 2 aromatic carbocycles. The quantitative estimate of drug-likeness (QED) is 0.673. The molecule has 0 saturated carbocycles. The second-order valence-corrected chi connectivity index (χ2v) is 8.01. The van der Waals surface area contributed by atoms with Crippen molar-refractivity contribution in [2.45, 2.75) is 26.3 Å².